The molecule has 14 heavy (non-hydrogen) atoms. The maximum atomic E-state index is 5.74. The Hall–Kier alpha value is -0.830. The molecule has 0 aromatic carbocycles. The summed E-state index contributed by atoms with van der Waals surface area (Å²) in [5.41, 5.74) is 9.84. The maximum Gasteiger partial charge on any atom is 0.0631 e. The first-order valence-electron chi connectivity index (χ1n) is 5.37. The molecule has 0 saturated heterocycles. The largest absolute Gasteiger partial charge is 0.330 e. The Kier molecular flexibility index (Phi) is 2.35. The van der Waals surface area contributed by atoms with E-state index in [-0.39, 0.29) is 0 Å². The molecule has 0 saturated carbocycles. The third-order valence-corrected chi connectivity index (χ3v) is 3.51. The Morgan fingerprint density at radius 2 is 2.36 bits per heavy atom. The van der Waals surface area contributed by atoms with Gasteiger partial charge >= 0.3 is 0 Å². The lowest BCUT2D eigenvalue weighted by molar-refractivity contribution is 0.462. The average Bonchev–Trinajstić information content (AvgIpc) is 2.69. The normalized spacial score (nSPS) is 22.4. The highest BCUT2D eigenvalue weighted by Gasteiger charge is 2.31. The minimum Gasteiger partial charge on any atom is -0.330 e. The topological polar surface area (TPSA) is 43.8 Å². The second-order valence-corrected chi connectivity index (χ2v) is 4.43. The number of hydrogen-bond donors (Lipinski definition) is 1. The van der Waals surface area contributed by atoms with E-state index in [0.29, 0.717) is 11.8 Å². The molecule has 1 aliphatic carbocycles. The van der Waals surface area contributed by atoms with Gasteiger partial charge in [-0.15, -0.1) is 0 Å². The van der Waals surface area contributed by atoms with Crippen LogP contribution in [-0.4, -0.2) is 16.3 Å². The first kappa shape index (κ1) is 9.71. The van der Waals surface area contributed by atoms with Crippen LogP contribution < -0.4 is 5.73 Å². The van der Waals surface area contributed by atoms with E-state index in [1.165, 1.54) is 29.8 Å². The summed E-state index contributed by atoms with van der Waals surface area (Å²) in [6.07, 6.45) is 2.42. The summed E-state index contributed by atoms with van der Waals surface area (Å²) in [6, 6.07) is 0. The van der Waals surface area contributed by atoms with Crippen molar-refractivity contribution in [2.75, 3.05) is 6.54 Å². The van der Waals surface area contributed by atoms with Gasteiger partial charge in [-0.1, -0.05) is 6.92 Å². The molecule has 0 aliphatic heterocycles. The molecule has 0 radical (unpaired) electrons. The highest BCUT2D eigenvalue weighted by Crippen LogP contribution is 2.39. The van der Waals surface area contributed by atoms with Crippen molar-refractivity contribution in [3.05, 3.63) is 17.0 Å². The van der Waals surface area contributed by atoms with Crippen LogP contribution in [0.4, 0.5) is 0 Å². The van der Waals surface area contributed by atoms with Gasteiger partial charge in [0.1, 0.15) is 0 Å². The van der Waals surface area contributed by atoms with Crippen LogP contribution in [0.2, 0.25) is 0 Å². The van der Waals surface area contributed by atoms with Crippen molar-refractivity contribution in [1.29, 1.82) is 0 Å². The zero-order chi connectivity index (χ0) is 10.3. The fraction of sp³-hybridized carbons (Fsp3) is 0.727. The smallest absolute Gasteiger partial charge is 0.0631 e. The summed E-state index contributed by atoms with van der Waals surface area (Å²) in [7, 11) is 2.04. The van der Waals surface area contributed by atoms with E-state index in [4.69, 9.17) is 5.73 Å². The van der Waals surface area contributed by atoms with Gasteiger partial charge in [-0.2, -0.15) is 5.10 Å². The van der Waals surface area contributed by atoms with E-state index in [2.05, 4.69) is 18.9 Å². The van der Waals surface area contributed by atoms with Gasteiger partial charge in [0.15, 0.2) is 0 Å². The Morgan fingerprint density at radius 1 is 1.64 bits per heavy atom. The number of fused-ring (bicyclic) bond motifs is 1. The van der Waals surface area contributed by atoms with Crippen molar-refractivity contribution in [3.63, 3.8) is 0 Å². The lowest BCUT2D eigenvalue weighted by Gasteiger charge is -2.17. The number of nitrogens with zero attached hydrogens (tertiary/aromatic N) is 2. The van der Waals surface area contributed by atoms with Crippen LogP contribution in [0.25, 0.3) is 0 Å². The predicted molar refractivity (Wildman–Crippen MR) is 57.2 cm³/mol. The molecule has 2 atom stereocenters. The van der Waals surface area contributed by atoms with E-state index >= 15 is 0 Å². The number of aromatic nitrogens is 2. The second kappa shape index (κ2) is 3.39. The lowest BCUT2D eigenvalue weighted by Crippen LogP contribution is -2.17. The Balaban J connectivity index is 2.38. The van der Waals surface area contributed by atoms with Crippen LogP contribution in [0, 0.1) is 12.8 Å². The van der Waals surface area contributed by atoms with Crippen LogP contribution in [0.1, 0.15) is 36.2 Å². The van der Waals surface area contributed by atoms with E-state index in [9.17, 15) is 0 Å². The van der Waals surface area contributed by atoms with Crippen LogP contribution in [0.3, 0.4) is 0 Å². The number of hydrogen-bond acceptors (Lipinski definition) is 2. The summed E-state index contributed by atoms with van der Waals surface area (Å²) in [5.74, 6) is 1.22. The average molecular weight is 193 g/mol. The van der Waals surface area contributed by atoms with Crippen LogP contribution in [0.15, 0.2) is 0 Å². The zero-order valence-electron chi connectivity index (χ0n) is 9.25. The Bertz CT molecular complexity index is 341. The molecule has 1 aromatic heterocycles. The SMILES string of the molecule is Cc1nn(C)c2c1C(C(C)CN)CC2. The molecular formula is C11H19N3. The summed E-state index contributed by atoms with van der Waals surface area (Å²) in [5, 5.41) is 4.48. The van der Waals surface area contributed by atoms with Gasteiger partial charge in [-0.25, -0.2) is 0 Å². The predicted octanol–water partition coefficient (Wildman–Crippen LogP) is 1.35. The molecule has 2 rings (SSSR count). The van der Waals surface area contributed by atoms with Gasteiger partial charge in [0.25, 0.3) is 0 Å². The minimum absolute atomic E-state index is 0.583. The van der Waals surface area contributed by atoms with Crippen molar-refractivity contribution >= 4 is 0 Å². The Labute approximate surface area is 85.3 Å². The fourth-order valence-electron chi connectivity index (χ4n) is 2.67. The van der Waals surface area contributed by atoms with Gasteiger partial charge in [-0.05, 0) is 43.7 Å². The molecule has 2 unspecified atom stereocenters. The van der Waals surface area contributed by atoms with E-state index < -0.39 is 0 Å². The molecule has 0 fully saturated rings. The standard InChI is InChI=1S/C11H19N3/c1-7(6-12)9-4-5-10-11(9)8(2)13-14(10)3/h7,9H,4-6,12H2,1-3H3. The highest BCUT2D eigenvalue weighted by molar-refractivity contribution is 5.34. The van der Waals surface area contributed by atoms with Gasteiger partial charge in [0.05, 0.1) is 5.69 Å². The number of aryl methyl sites for hydroxylation is 2. The summed E-state index contributed by atoms with van der Waals surface area (Å²) >= 11 is 0. The summed E-state index contributed by atoms with van der Waals surface area (Å²) < 4.78 is 2.04. The van der Waals surface area contributed by atoms with Crippen LogP contribution in [-0.2, 0) is 13.5 Å². The number of nitrogens with two attached hydrogens (primary N) is 1. The van der Waals surface area contributed by atoms with E-state index in [1.54, 1.807) is 0 Å². The minimum atomic E-state index is 0.583. The molecule has 2 N–H and O–H groups in total. The molecule has 0 spiro atoms. The van der Waals surface area contributed by atoms with Crippen LogP contribution in [0.5, 0.6) is 0 Å². The molecule has 1 aliphatic rings. The van der Waals surface area contributed by atoms with Crippen molar-refractivity contribution in [2.24, 2.45) is 18.7 Å². The molecule has 78 valence electrons. The van der Waals surface area contributed by atoms with Gasteiger partial charge in [0.2, 0.25) is 0 Å². The Morgan fingerprint density at radius 3 is 3.00 bits per heavy atom. The summed E-state index contributed by atoms with van der Waals surface area (Å²) in [6.45, 7) is 5.13. The second-order valence-electron chi connectivity index (χ2n) is 4.43. The molecule has 3 nitrogen and oxygen atoms in total. The molecular weight excluding hydrogens is 174 g/mol. The van der Waals surface area contributed by atoms with Gasteiger partial charge < -0.3 is 5.73 Å². The van der Waals surface area contributed by atoms with E-state index in [1.807, 2.05) is 11.7 Å². The monoisotopic (exact) mass is 193 g/mol. The zero-order valence-corrected chi connectivity index (χ0v) is 9.25. The van der Waals surface area contributed by atoms with Crippen molar-refractivity contribution in [2.45, 2.75) is 32.6 Å². The van der Waals surface area contributed by atoms with Gasteiger partial charge in [-0.3, -0.25) is 4.68 Å². The highest BCUT2D eigenvalue weighted by atomic mass is 15.3. The van der Waals surface area contributed by atoms with Crippen molar-refractivity contribution in [3.8, 4) is 0 Å². The lowest BCUT2D eigenvalue weighted by atomic mass is 9.89. The third kappa shape index (κ3) is 1.27. The quantitative estimate of drug-likeness (QED) is 0.770. The maximum absolute atomic E-state index is 5.74. The molecule has 1 heterocycles. The molecule has 1 aromatic rings. The molecule has 0 amide bonds. The van der Waals surface area contributed by atoms with Crippen molar-refractivity contribution < 1.29 is 0 Å². The molecule has 3 heteroatoms. The first-order valence-corrected chi connectivity index (χ1v) is 5.37. The third-order valence-electron chi connectivity index (χ3n) is 3.51. The summed E-state index contributed by atoms with van der Waals surface area (Å²) in [4.78, 5) is 0. The fourth-order valence-corrected chi connectivity index (χ4v) is 2.67. The van der Waals surface area contributed by atoms with E-state index in [0.717, 1.165) is 6.54 Å². The van der Waals surface area contributed by atoms with Crippen molar-refractivity contribution in [1.82, 2.24) is 9.78 Å². The number of rotatable bonds is 2. The molecule has 0 bridgehead atoms. The van der Waals surface area contributed by atoms with Gasteiger partial charge in [0, 0.05) is 12.7 Å². The first-order chi connectivity index (χ1) is 6.65. The van der Waals surface area contributed by atoms with Crippen LogP contribution >= 0.6 is 0 Å².